The van der Waals surface area contributed by atoms with Gasteiger partial charge in [0.2, 0.25) is 5.91 Å². The number of piperidine rings is 1. The number of carbonyl (C=O) groups is 2. The molecule has 0 radical (unpaired) electrons. The SMILES string of the molecule is COC(=O)C=Cc1ccc(NC(=O)CCN2CCC(c3ccccc3)CC2)cc1. The lowest BCUT2D eigenvalue weighted by Gasteiger charge is -2.32. The number of nitrogens with one attached hydrogen (secondary N) is 1. The summed E-state index contributed by atoms with van der Waals surface area (Å²) in [6.07, 6.45) is 5.82. The molecular weight excluding hydrogens is 364 g/mol. The van der Waals surface area contributed by atoms with Crippen molar-refractivity contribution in [3.63, 3.8) is 0 Å². The fraction of sp³-hybridized carbons (Fsp3) is 0.333. The summed E-state index contributed by atoms with van der Waals surface area (Å²) in [7, 11) is 1.34. The third-order valence-corrected chi connectivity index (χ3v) is 5.32. The van der Waals surface area contributed by atoms with E-state index in [1.807, 2.05) is 24.3 Å². The number of methoxy groups -OCH3 is 1. The summed E-state index contributed by atoms with van der Waals surface area (Å²) in [4.78, 5) is 25.8. The Bertz CT molecular complexity index is 823. The van der Waals surface area contributed by atoms with Crippen LogP contribution in [0.2, 0.25) is 0 Å². The highest BCUT2D eigenvalue weighted by Gasteiger charge is 2.20. The van der Waals surface area contributed by atoms with Gasteiger partial charge in [0.15, 0.2) is 0 Å². The quantitative estimate of drug-likeness (QED) is 0.570. The summed E-state index contributed by atoms with van der Waals surface area (Å²) in [6, 6.07) is 18.1. The van der Waals surface area contributed by atoms with E-state index in [0.29, 0.717) is 12.3 Å². The van der Waals surface area contributed by atoms with Gasteiger partial charge in [0.25, 0.3) is 0 Å². The fourth-order valence-corrected chi connectivity index (χ4v) is 3.61. The van der Waals surface area contributed by atoms with Crippen LogP contribution in [0.4, 0.5) is 5.69 Å². The summed E-state index contributed by atoms with van der Waals surface area (Å²) in [5.74, 6) is 0.260. The molecule has 2 aromatic rings. The zero-order chi connectivity index (χ0) is 20.5. The zero-order valence-electron chi connectivity index (χ0n) is 16.8. The number of ether oxygens (including phenoxy) is 1. The first-order valence-electron chi connectivity index (χ1n) is 10.1. The van der Waals surface area contributed by atoms with Crippen LogP contribution in [-0.2, 0) is 14.3 Å². The Hall–Kier alpha value is -2.92. The zero-order valence-corrected chi connectivity index (χ0v) is 16.8. The molecule has 1 aliphatic heterocycles. The topological polar surface area (TPSA) is 58.6 Å². The minimum Gasteiger partial charge on any atom is -0.466 e. The van der Waals surface area contributed by atoms with Crippen molar-refractivity contribution in [3.05, 3.63) is 71.8 Å². The van der Waals surface area contributed by atoms with Crippen molar-refractivity contribution in [2.75, 3.05) is 32.1 Å². The van der Waals surface area contributed by atoms with E-state index < -0.39 is 5.97 Å². The van der Waals surface area contributed by atoms with Crippen LogP contribution < -0.4 is 5.32 Å². The van der Waals surface area contributed by atoms with Crippen LogP contribution in [-0.4, -0.2) is 43.5 Å². The second-order valence-corrected chi connectivity index (χ2v) is 7.30. The number of benzene rings is 2. The molecule has 1 saturated heterocycles. The van der Waals surface area contributed by atoms with Crippen molar-refractivity contribution >= 4 is 23.6 Å². The third kappa shape index (κ3) is 6.57. The molecule has 0 saturated carbocycles. The van der Waals surface area contributed by atoms with Crippen molar-refractivity contribution < 1.29 is 14.3 Å². The lowest BCUT2D eigenvalue weighted by molar-refractivity contribution is -0.134. The Balaban J connectivity index is 1.39. The van der Waals surface area contributed by atoms with Crippen molar-refractivity contribution in [1.82, 2.24) is 4.90 Å². The number of carbonyl (C=O) groups excluding carboxylic acids is 2. The number of amides is 1. The highest BCUT2D eigenvalue weighted by molar-refractivity contribution is 5.91. The molecule has 1 amide bonds. The Morgan fingerprint density at radius 1 is 1.07 bits per heavy atom. The summed E-state index contributed by atoms with van der Waals surface area (Å²) in [6.45, 7) is 2.86. The first-order chi connectivity index (χ1) is 14.1. The molecule has 0 bridgehead atoms. The largest absolute Gasteiger partial charge is 0.466 e. The van der Waals surface area contributed by atoms with Gasteiger partial charge in [-0.05, 0) is 61.2 Å². The Labute approximate surface area is 172 Å². The number of hydrogen-bond acceptors (Lipinski definition) is 4. The number of esters is 1. The number of rotatable bonds is 7. The number of nitrogens with zero attached hydrogens (tertiary/aromatic N) is 1. The monoisotopic (exact) mass is 392 g/mol. The van der Waals surface area contributed by atoms with Crippen molar-refractivity contribution in [3.8, 4) is 0 Å². The molecule has 5 nitrogen and oxygen atoms in total. The van der Waals surface area contributed by atoms with Crippen LogP contribution >= 0.6 is 0 Å². The van der Waals surface area contributed by atoms with Crippen molar-refractivity contribution in [2.24, 2.45) is 0 Å². The van der Waals surface area contributed by atoms with Gasteiger partial charge < -0.3 is 15.0 Å². The maximum atomic E-state index is 12.3. The molecule has 29 heavy (non-hydrogen) atoms. The number of hydrogen-bond donors (Lipinski definition) is 1. The maximum Gasteiger partial charge on any atom is 0.330 e. The average molecular weight is 392 g/mol. The van der Waals surface area contributed by atoms with Crippen LogP contribution in [0.1, 0.15) is 36.3 Å². The Morgan fingerprint density at radius 3 is 2.41 bits per heavy atom. The molecule has 0 spiro atoms. The molecule has 0 atom stereocenters. The molecule has 2 aromatic carbocycles. The van der Waals surface area contributed by atoms with E-state index >= 15 is 0 Å². The van der Waals surface area contributed by atoms with E-state index in [1.54, 1.807) is 6.08 Å². The molecule has 0 aromatic heterocycles. The van der Waals surface area contributed by atoms with Crippen LogP contribution in [0.15, 0.2) is 60.7 Å². The summed E-state index contributed by atoms with van der Waals surface area (Å²) in [5.41, 5.74) is 3.05. The highest BCUT2D eigenvalue weighted by Crippen LogP contribution is 2.27. The van der Waals surface area contributed by atoms with E-state index in [-0.39, 0.29) is 5.91 Å². The smallest absolute Gasteiger partial charge is 0.330 e. The van der Waals surface area contributed by atoms with Gasteiger partial charge in [0, 0.05) is 24.7 Å². The highest BCUT2D eigenvalue weighted by atomic mass is 16.5. The van der Waals surface area contributed by atoms with Gasteiger partial charge in [-0.15, -0.1) is 0 Å². The van der Waals surface area contributed by atoms with Crippen LogP contribution in [0, 0.1) is 0 Å². The average Bonchev–Trinajstić information content (AvgIpc) is 2.78. The second-order valence-electron chi connectivity index (χ2n) is 7.30. The minimum atomic E-state index is -0.393. The van der Waals surface area contributed by atoms with Gasteiger partial charge in [-0.1, -0.05) is 42.5 Å². The van der Waals surface area contributed by atoms with E-state index in [2.05, 4.69) is 45.3 Å². The van der Waals surface area contributed by atoms with Gasteiger partial charge in [-0.25, -0.2) is 4.79 Å². The summed E-state index contributed by atoms with van der Waals surface area (Å²) in [5, 5.41) is 2.94. The van der Waals surface area contributed by atoms with Crippen LogP contribution in [0.25, 0.3) is 6.08 Å². The maximum absolute atomic E-state index is 12.3. The van der Waals surface area contributed by atoms with Gasteiger partial charge in [-0.2, -0.15) is 0 Å². The summed E-state index contributed by atoms with van der Waals surface area (Å²) < 4.78 is 4.57. The first-order valence-corrected chi connectivity index (χ1v) is 10.1. The van der Waals surface area contributed by atoms with E-state index in [1.165, 1.54) is 18.7 Å². The minimum absolute atomic E-state index is 0.0213. The van der Waals surface area contributed by atoms with Gasteiger partial charge >= 0.3 is 5.97 Å². The fourth-order valence-electron chi connectivity index (χ4n) is 3.61. The molecule has 3 rings (SSSR count). The molecule has 1 fully saturated rings. The lowest BCUT2D eigenvalue weighted by Crippen LogP contribution is -2.35. The molecule has 152 valence electrons. The molecule has 1 heterocycles. The van der Waals surface area contributed by atoms with Gasteiger partial charge in [0.05, 0.1) is 7.11 Å². The molecule has 1 N–H and O–H groups in total. The second kappa shape index (κ2) is 10.6. The molecule has 0 aliphatic carbocycles. The van der Waals surface area contributed by atoms with Crippen molar-refractivity contribution in [1.29, 1.82) is 0 Å². The van der Waals surface area contributed by atoms with E-state index in [0.717, 1.165) is 43.7 Å². The predicted octanol–water partition coefficient (Wildman–Crippen LogP) is 4.08. The Kier molecular flexibility index (Phi) is 7.59. The van der Waals surface area contributed by atoms with Gasteiger partial charge in [-0.3, -0.25) is 4.79 Å². The predicted molar refractivity (Wildman–Crippen MR) is 116 cm³/mol. The lowest BCUT2D eigenvalue weighted by atomic mass is 9.89. The van der Waals surface area contributed by atoms with Crippen LogP contribution in [0.5, 0.6) is 0 Å². The Morgan fingerprint density at radius 2 is 1.76 bits per heavy atom. The molecular formula is C24H28N2O3. The van der Waals surface area contributed by atoms with Crippen LogP contribution in [0.3, 0.4) is 0 Å². The standard InChI is InChI=1S/C24H28N2O3/c1-29-24(28)12-9-19-7-10-22(11-8-19)25-23(27)15-18-26-16-13-21(14-17-26)20-5-3-2-4-6-20/h2-12,21H,13-18H2,1H3,(H,25,27). The summed E-state index contributed by atoms with van der Waals surface area (Å²) >= 11 is 0. The normalized spacial score (nSPS) is 15.3. The van der Waals surface area contributed by atoms with Crippen molar-refractivity contribution in [2.45, 2.75) is 25.2 Å². The third-order valence-electron chi connectivity index (χ3n) is 5.32. The van der Waals surface area contributed by atoms with E-state index in [4.69, 9.17) is 0 Å². The molecule has 5 heteroatoms. The molecule has 1 aliphatic rings. The number of anilines is 1. The number of likely N-dealkylation sites (tertiary alicyclic amines) is 1. The van der Waals surface area contributed by atoms with E-state index in [9.17, 15) is 9.59 Å². The van der Waals surface area contributed by atoms with Gasteiger partial charge in [0.1, 0.15) is 0 Å². The molecule has 0 unspecified atom stereocenters. The first kappa shape index (κ1) is 20.8.